The van der Waals surface area contributed by atoms with E-state index in [0.29, 0.717) is 22.0 Å². The summed E-state index contributed by atoms with van der Waals surface area (Å²) in [6.45, 7) is 0. The second kappa shape index (κ2) is 7.58. The maximum absolute atomic E-state index is 12.3. The molecule has 2 rings (SSSR count). The van der Waals surface area contributed by atoms with Crippen molar-refractivity contribution < 1.29 is 13.2 Å². The Hall–Kier alpha value is -2.20. The van der Waals surface area contributed by atoms with Crippen LogP contribution >= 0.6 is 23.2 Å². The molecule has 0 bridgehead atoms. The van der Waals surface area contributed by atoms with Gasteiger partial charge in [0.1, 0.15) is 11.8 Å². The third-order valence-corrected chi connectivity index (χ3v) is 5.01. The highest BCUT2D eigenvalue weighted by Gasteiger charge is 2.18. The Morgan fingerprint density at radius 1 is 1.17 bits per heavy atom. The highest BCUT2D eigenvalue weighted by atomic mass is 35.5. The van der Waals surface area contributed by atoms with Crippen molar-refractivity contribution in [3.63, 3.8) is 0 Å². The van der Waals surface area contributed by atoms with E-state index < -0.39 is 14.9 Å². The fourth-order valence-corrected chi connectivity index (χ4v) is 3.07. The van der Waals surface area contributed by atoms with E-state index in [0.717, 1.165) is 0 Å². The minimum absolute atomic E-state index is 0.267. The largest absolute Gasteiger partial charge is 0.497 e. The number of benzene rings is 2. The number of nitrogens with one attached hydrogen (secondary N) is 1. The number of ether oxygens (including phenoxy) is 1. The van der Waals surface area contributed by atoms with Gasteiger partial charge in [0.25, 0.3) is 10.0 Å². The van der Waals surface area contributed by atoms with Gasteiger partial charge >= 0.3 is 0 Å². The summed E-state index contributed by atoms with van der Waals surface area (Å²) in [5.74, 6) is 0.588. The smallest absolute Gasteiger partial charge is 0.272 e. The molecule has 24 heavy (non-hydrogen) atoms. The highest BCUT2D eigenvalue weighted by molar-refractivity contribution is 7.96. The monoisotopic (exact) mass is 382 g/mol. The molecule has 0 aromatic heterocycles. The van der Waals surface area contributed by atoms with Gasteiger partial charge in [-0.25, -0.2) is 8.42 Å². The standard InChI is InChI=1S/C16H12Cl2N2O3S/c1-23-13-5-3-12(4-6-13)20-24(21,22)14(10-19)8-11-2-7-15(17)16(18)9-11/h2-9,20H,1H3. The quantitative estimate of drug-likeness (QED) is 0.781. The van der Waals surface area contributed by atoms with Crippen molar-refractivity contribution in [3.8, 4) is 11.8 Å². The van der Waals surface area contributed by atoms with Crippen LogP contribution in [-0.2, 0) is 10.0 Å². The van der Waals surface area contributed by atoms with Crippen LogP contribution in [0.25, 0.3) is 6.08 Å². The zero-order chi connectivity index (χ0) is 17.7. The molecule has 0 spiro atoms. The van der Waals surface area contributed by atoms with E-state index in [4.69, 9.17) is 27.9 Å². The first kappa shape index (κ1) is 18.1. The molecule has 1 N–H and O–H groups in total. The van der Waals surface area contributed by atoms with Gasteiger partial charge in [0.15, 0.2) is 4.91 Å². The minimum Gasteiger partial charge on any atom is -0.497 e. The van der Waals surface area contributed by atoms with Crippen LogP contribution in [0.5, 0.6) is 5.75 Å². The topological polar surface area (TPSA) is 79.2 Å². The first-order valence-electron chi connectivity index (χ1n) is 6.59. The third kappa shape index (κ3) is 4.42. The third-order valence-electron chi connectivity index (χ3n) is 2.98. The van der Waals surface area contributed by atoms with Crippen LogP contribution in [0.15, 0.2) is 47.4 Å². The van der Waals surface area contributed by atoms with Gasteiger partial charge in [-0.2, -0.15) is 5.26 Å². The van der Waals surface area contributed by atoms with Gasteiger partial charge in [-0.1, -0.05) is 29.3 Å². The Morgan fingerprint density at radius 3 is 2.38 bits per heavy atom. The van der Waals surface area contributed by atoms with Gasteiger partial charge in [0, 0.05) is 5.69 Å². The minimum atomic E-state index is -4.03. The van der Waals surface area contributed by atoms with Gasteiger partial charge < -0.3 is 4.74 Å². The Kier molecular flexibility index (Phi) is 5.73. The summed E-state index contributed by atoms with van der Waals surface area (Å²) >= 11 is 11.7. The summed E-state index contributed by atoms with van der Waals surface area (Å²) in [5.41, 5.74) is 0.757. The number of allylic oxidation sites excluding steroid dienone is 1. The predicted octanol–water partition coefficient (Wildman–Crippen LogP) is 4.31. The average molecular weight is 383 g/mol. The van der Waals surface area contributed by atoms with Gasteiger partial charge in [-0.05, 0) is 48.0 Å². The molecule has 0 aliphatic rings. The van der Waals surface area contributed by atoms with Crippen molar-refractivity contribution in [1.29, 1.82) is 5.26 Å². The number of halogens is 2. The summed E-state index contributed by atoms with van der Waals surface area (Å²) < 4.78 is 32.0. The van der Waals surface area contributed by atoms with Crippen molar-refractivity contribution in [2.75, 3.05) is 11.8 Å². The molecular formula is C16H12Cl2N2O3S. The van der Waals surface area contributed by atoms with Crippen molar-refractivity contribution in [1.82, 2.24) is 0 Å². The molecule has 2 aromatic carbocycles. The lowest BCUT2D eigenvalue weighted by Gasteiger charge is -2.08. The Balaban J connectivity index is 2.31. The summed E-state index contributed by atoms with van der Waals surface area (Å²) in [6.07, 6.45) is 1.22. The Labute approximate surface area is 150 Å². The lowest BCUT2D eigenvalue weighted by atomic mass is 10.2. The summed E-state index contributed by atoms with van der Waals surface area (Å²) in [7, 11) is -2.53. The Bertz CT molecular complexity index is 917. The van der Waals surface area contributed by atoms with E-state index in [1.165, 1.54) is 37.5 Å². The number of hydrogen-bond donors (Lipinski definition) is 1. The first-order valence-corrected chi connectivity index (χ1v) is 8.83. The molecule has 2 aromatic rings. The molecule has 8 heteroatoms. The molecule has 0 aliphatic carbocycles. The second-order valence-electron chi connectivity index (χ2n) is 4.63. The lowest BCUT2D eigenvalue weighted by Crippen LogP contribution is -2.14. The Morgan fingerprint density at radius 2 is 1.83 bits per heavy atom. The van der Waals surface area contributed by atoms with Gasteiger partial charge in [0.05, 0.1) is 17.2 Å². The highest BCUT2D eigenvalue weighted by Crippen LogP contribution is 2.25. The van der Waals surface area contributed by atoms with E-state index in [-0.39, 0.29) is 5.02 Å². The number of methoxy groups -OCH3 is 1. The average Bonchev–Trinajstić information content (AvgIpc) is 2.56. The van der Waals surface area contributed by atoms with Crippen LogP contribution in [0.3, 0.4) is 0 Å². The normalized spacial score (nSPS) is 11.7. The van der Waals surface area contributed by atoms with Crippen LogP contribution in [0.2, 0.25) is 10.0 Å². The zero-order valence-corrected chi connectivity index (χ0v) is 14.8. The van der Waals surface area contributed by atoms with E-state index in [1.807, 2.05) is 0 Å². The van der Waals surface area contributed by atoms with Crippen LogP contribution in [0.1, 0.15) is 5.56 Å². The molecule has 0 radical (unpaired) electrons. The van der Waals surface area contributed by atoms with E-state index in [2.05, 4.69) is 4.72 Å². The van der Waals surface area contributed by atoms with E-state index in [9.17, 15) is 13.7 Å². The predicted molar refractivity (Wildman–Crippen MR) is 95.6 cm³/mol. The van der Waals surface area contributed by atoms with Crippen LogP contribution in [-0.4, -0.2) is 15.5 Å². The molecule has 0 atom stereocenters. The number of hydrogen-bond acceptors (Lipinski definition) is 4. The van der Waals surface area contributed by atoms with E-state index >= 15 is 0 Å². The maximum atomic E-state index is 12.3. The van der Waals surface area contributed by atoms with Crippen molar-refractivity contribution >= 4 is 45.0 Å². The van der Waals surface area contributed by atoms with Crippen LogP contribution < -0.4 is 9.46 Å². The second-order valence-corrected chi connectivity index (χ2v) is 7.09. The fraction of sp³-hybridized carbons (Fsp3) is 0.0625. The number of anilines is 1. The molecule has 124 valence electrons. The number of rotatable bonds is 5. The number of nitriles is 1. The molecule has 0 unspecified atom stereocenters. The van der Waals surface area contributed by atoms with E-state index in [1.54, 1.807) is 24.3 Å². The van der Waals surface area contributed by atoms with Gasteiger partial charge in [0.2, 0.25) is 0 Å². The first-order chi connectivity index (χ1) is 11.4. The molecule has 0 heterocycles. The molecule has 0 amide bonds. The SMILES string of the molecule is COc1ccc(NS(=O)(=O)C(C#N)=Cc2ccc(Cl)c(Cl)c2)cc1. The zero-order valence-electron chi connectivity index (χ0n) is 12.5. The summed E-state index contributed by atoms with van der Waals surface area (Å²) in [4.78, 5) is -0.447. The molecule has 0 saturated carbocycles. The van der Waals surface area contributed by atoms with Gasteiger partial charge in [-0.3, -0.25) is 4.72 Å². The molecule has 0 aliphatic heterocycles. The van der Waals surface area contributed by atoms with Crippen molar-refractivity contribution in [2.45, 2.75) is 0 Å². The lowest BCUT2D eigenvalue weighted by molar-refractivity contribution is 0.415. The van der Waals surface area contributed by atoms with Gasteiger partial charge in [-0.15, -0.1) is 0 Å². The fourth-order valence-electron chi connectivity index (χ4n) is 1.79. The van der Waals surface area contributed by atoms with Crippen LogP contribution in [0, 0.1) is 11.3 Å². The number of nitrogens with zero attached hydrogens (tertiary/aromatic N) is 1. The maximum Gasteiger partial charge on any atom is 0.272 e. The number of sulfonamides is 1. The molecular weight excluding hydrogens is 371 g/mol. The molecule has 0 saturated heterocycles. The van der Waals surface area contributed by atoms with Crippen molar-refractivity contribution in [3.05, 3.63) is 63.0 Å². The molecule has 0 fully saturated rings. The van der Waals surface area contributed by atoms with Crippen molar-refractivity contribution in [2.24, 2.45) is 0 Å². The molecule has 5 nitrogen and oxygen atoms in total. The summed E-state index contributed by atoms with van der Waals surface area (Å²) in [5, 5.41) is 9.80. The summed E-state index contributed by atoms with van der Waals surface area (Å²) in [6, 6.07) is 12.5. The van der Waals surface area contributed by atoms with Crippen LogP contribution in [0.4, 0.5) is 5.69 Å².